The van der Waals surface area contributed by atoms with Gasteiger partial charge in [-0.2, -0.15) is 0 Å². The van der Waals surface area contributed by atoms with Crippen molar-refractivity contribution in [3.05, 3.63) is 89.5 Å². The molecule has 0 aromatic heterocycles. The van der Waals surface area contributed by atoms with E-state index in [1.165, 1.54) is 184 Å². The van der Waals surface area contributed by atoms with Crippen LogP contribution in [0.1, 0.15) is 241 Å². The third-order valence-electron chi connectivity index (χ3n) is 12.1. The van der Waals surface area contributed by atoms with Crippen molar-refractivity contribution in [3.63, 3.8) is 0 Å². The molecule has 0 saturated heterocycles. The summed E-state index contributed by atoms with van der Waals surface area (Å²) in [6.07, 6.45) is 37.9. The maximum atomic E-state index is 13.1. The average molecular weight is 781 g/mol. The standard InChI is InChI=1S/C54H84O3/c1-5-8-10-12-14-16-17-18-19-20-21-22-24-26-28-32-45-56-46(4)47-41-43-51(44-42-47)57-54(55)50-39-37-49(38-40-50)53-36-31-30-35-52(53)48(33-7-3)34-29-27-25-23-15-13-11-9-6-2/h30-31,35-44,46,48H,5-29,32-34,45H2,1-4H3. The van der Waals surface area contributed by atoms with Gasteiger partial charge >= 0.3 is 5.97 Å². The minimum Gasteiger partial charge on any atom is -0.423 e. The van der Waals surface area contributed by atoms with Crippen LogP contribution in [-0.4, -0.2) is 12.6 Å². The summed E-state index contributed by atoms with van der Waals surface area (Å²) in [5, 5.41) is 0. The van der Waals surface area contributed by atoms with Crippen LogP contribution < -0.4 is 4.74 Å². The van der Waals surface area contributed by atoms with Gasteiger partial charge in [0.15, 0.2) is 0 Å². The number of rotatable bonds is 35. The largest absolute Gasteiger partial charge is 0.423 e. The predicted molar refractivity (Wildman–Crippen MR) is 247 cm³/mol. The van der Waals surface area contributed by atoms with Gasteiger partial charge in [-0.1, -0.05) is 230 Å². The molecule has 57 heavy (non-hydrogen) atoms. The summed E-state index contributed by atoms with van der Waals surface area (Å²) >= 11 is 0. The lowest BCUT2D eigenvalue weighted by molar-refractivity contribution is 0.0627. The van der Waals surface area contributed by atoms with E-state index in [2.05, 4.69) is 64.1 Å². The highest BCUT2D eigenvalue weighted by Crippen LogP contribution is 2.35. The molecule has 3 aromatic rings. The van der Waals surface area contributed by atoms with E-state index in [4.69, 9.17) is 9.47 Å². The second-order valence-corrected chi connectivity index (χ2v) is 17.0. The van der Waals surface area contributed by atoms with Crippen molar-refractivity contribution in [2.75, 3.05) is 6.61 Å². The molecule has 2 unspecified atom stereocenters. The van der Waals surface area contributed by atoms with Gasteiger partial charge in [-0.05, 0) is 78.6 Å². The van der Waals surface area contributed by atoms with Gasteiger partial charge in [-0.15, -0.1) is 0 Å². The predicted octanol–water partition coefficient (Wildman–Crippen LogP) is 17.7. The maximum absolute atomic E-state index is 13.1. The molecule has 0 saturated carbocycles. The van der Waals surface area contributed by atoms with Crippen molar-refractivity contribution in [1.29, 1.82) is 0 Å². The molecule has 0 N–H and O–H groups in total. The van der Waals surface area contributed by atoms with Crippen molar-refractivity contribution in [2.45, 2.75) is 219 Å². The summed E-state index contributed by atoms with van der Waals surface area (Å²) in [7, 11) is 0. The molecule has 0 aliphatic heterocycles. The smallest absolute Gasteiger partial charge is 0.343 e. The number of hydrogen-bond donors (Lipinski definition) is 0. The van der Waals surface area contributed by atoms with Gasteiger partial charge in [0, 0.05) is 6.61 Å². The number of carbonyl (C=O) groups excluding carboxylic acids is 1. The number of esters is 1. The zero-order chi connectivity index (χ0) is 40.6. The molecular formula is C54H84O3. The minimum atomic E-state index is -0.329. The van der Waals surface area contributed by atoms with Crippen LogP contribution in [0, 0.1) is 0 Å². The number of carbonyl (C=O) groups is 1. The van der Waals surface area contributed by atoms with E-state index in [0.717, 1.165) is 24.2 Å². The molecule has 0 amide bonds. The van der Waals surface area contributed by atoms with E-state index in [0.29, 0.717) is 17.2 Å². The Morgan fingerprint density at radius 1 is 0.491 bits per heavy atom. The van der Waals surface area contributed by atoms with Crippen LogP contribution >= 0.6 is 0 Å². The third kappa shape index (κ3) is 21.1. The molecule has 0 bridgehead atoms. The molecule has 3 rings (SSSR count). The Bertz CT molecular complexity index is 1390. The maximum Gasteiger partial charge on any atom is 0.343 e. The normalized spacial score (nSPS) is 12.5. The van der Waals surface area contributed by atoms with E-state index in [-0.39, 0.29) is 12.1 Å². The van der Waals surface area contributed by atoms with E-state index < -0.39 is 0 Å². The van der Waals surface area contributed by atoms with Crippen LogP contribution in [0.15, 0.2) is 72.8 Å². The second kappa shape index (κ2) is 32.0. The fourth-order valence-corrected chi connectivity index (χ4v) is 8.39. The molecule has 2 atom stereocenters. The molecule has 0 heterocycles. The molecule has 3 nitrogen and oxygen atoms in total. The molecule has 0 fully saturated rings. The minimum absolute atomic E-state index is 0.0172. The van der Waals surface area contributed by atoms with E-state index in [9.17, 15) is 4.79 Å². The lowest BCUT2D eigenvalue weighted by Crippen LogP contribution is -2.08. The van der Waals surface area contributed by atoms with Crippen LogP contribution in [-0.2, 0) is 4.74 Å². The Kier molecular flexibility index (Phi) is 27.2. The Labute approximate surface area is 351 Å². The Hall–Kier alpha value is -2.91. The molecule has 3 heteroatoms. The second-order valence-electron chi connectivity index (χ2n) is 17.0. The Morgan fingerprint density at radius 2 is 0.965 bits per heavy atom. The van der Waals surface area contributed by atoms with Crippen molar-refractivity contribution in [3.8, 4) is 16.9 Å². The lowest BCUT2D eigenvalue weighted by atomic mass is 9.84. The van der Waals surface area contributed by atoms with E-state index in [1.54, 1.807) is 0 Å². The average Bonchev–Trinajstić information content (AvgIpc) is 3.24. The summed E-state index contributed by atoms with van der Waals surface area (Å²) in [6, 6.07) is 24.7. The van der Waals surface area contributed by atoms with Gasteiger partial charge in [0.25, 0.3) is 0 Å². The van der Waals surface area contributed by atoms with Crippen molar-refractivity contribution in [2.24, 2.45) is 0 Å². The number of benzene rings is 3. The first-order valence-corrected chi connectivity index (χ1v) is 24.2. The lowest BCUT2D eigenvalue weighted by Gasteiger charge is -2.21. The van der Waals surface area contributed by atoms with Crippen LogP contribution in [0.2, 0.25) is 0 Å². The first-order valence-electron chi connectivity index (χ1n) is 24.2. The highest BCUT2D eigenvalue weighted by atomic mass is 16.5. The SMILES string of the molecule is CCCCCCCCCCCCCCCCCCOC(C)c1ccc(OC(=O)c2ccc(-c3ccccc3C(CCC)CCCCCCCCCCC)cc2)cc1. The van der Waals surface area contributed by atoms with Gasteiger partial charge in [0.2, 0.25) is 0 Å². The quantitative estimate of drug-likeness (QED) is 0.0339. The first-order chi connectivity index (χ1) is 28.1. The molecule has 0 spiro atoms. The zero-order valence-electron chi connectivity index (χ0n) is 37.3. The number of unbranched alkanes of at least 4 members (excludes halogenated alkanes) is 23. The fraction of sp³-hybridized carbons (Fsp3) is 0.648. The zero-order valence-corrected chi connectivity index (χ0v) is 37.3. The van der Waals surface area contributed by atoms with Gasteiger partial charge in [-0.3, -0.25) is 0 Å². The molecule has 3 aromatic carbocycles. The van der Waals surface area contributed by atoms with Gasteiger partial charge in [0.05, 0.1) is 11.7 Å². The Balaban J connectivity index is 1.33. The van der Waals surface area contributed by atoms with Crippen LogP contribution in [0.25, 0.3) is 11.1 Å². The number of ether oxygens (including phenoxy) is 2. The molecular weight excluding hydrogens is 697 g/mol. The highest BCUT2D eigenvalue weighted by molar-refractivity contribution is 5.91. The van der Waals surface area contributed by atoms with Gasteiger partial charge in [0.1, 0.15) is 5.75 Å². The summed E-state index contributed by atoms with van der Waals surface area (Å²) in [6.45, 7) is 9.78. The first kappa shape index (κ1) is 48.5. The van der Waals surface area contributed by atoms with Crippen molar-refractivity contribution >= 4 is 5.97 Å². The summed E-state index contributed by atoms with van der Waals surface area (Å²) < 4.78 is 11.9. The van der Waals surface area contributed by atoms with E-state index in [1.807, 2.05) is 36.4 Å². The molecule has 0 aliphatic carbocycles. The summed E-state index contributed by atoms with van der Waals surface area (Å²) in [4.78, 5) is 13.1. The van der Waals surface area contributed by atoms with Crippen LogP contribution in [0.3, 0.4) is 0 Å². The van der Waals surface area contributed by atoms with Crippen LogP contribution in [0.5, 0.6) is 5.75 Å². The number of hydrogen-bond acceptors (Lipinski definition) is 3. The summed E-state index contributed by atoms with van der Waals surface area (Å²) in [5.74, 6) is 0.793. The van der Waals surface area contributed by atoms with Gasteiger partial charge in [-0.25, -0.2) is 4.79 Å². The molecule has 0 radical (unpaired) electrons. The third-order valence-corrected chi connectivity index (χ3v) is 12.1. The molecule has 318 valence electrons. The fourth-order valence-electron chi connectivity index (χ4n) is 8.39. The topological polar surface area (TPSA) is 35.5 Å². The van der Waals surface area contributed by atoms with E-state index >= 15 is 0 Å². The highest BCUT2D eigenvalue weighted by Gasteiger charge is 2.17. The summed E-state index contributed by atoms with van der Waals surface area (Å²) in [5.41, 5.74) is 5.56. The van der Waals surface area contributed by atoms with Crippen LogP contribution in [0.4, 0.5) is 0 Å². The van der Waals surface area contributed by atoms with Crippen molar-refractivity contribution in [1.82, 2.24) is 0 Å². The van der Waals surface area contributed by atoms with Crippen molar-refractivity contribution < 1.29 is 14.3 Å². The molecule has 0 aliphatic rings. The Morgan fingerprint density at radius 3 is 1.47 bits per heavy atom. The monoisotopic (exact) mass is 781 g/mol. The van der Waals surface area contributed by atoms with Gasteiger partial charge < -0.3 is 9.47 Å².